The molecule has 21 heavy (non-hydrogen) atoms. The first-order chi connectivity index (χ1) is 10.3. The number of hydrogen-bond donors (Lipinski definition) is 1. The van der Waals surface area contributed by atoms with Gasteiger partial charge >= 0.3 is 0 Å². The van der Waals surface area contributed by atoms with Crippen LogP contribution in [-0.4, -0.2) is 47.3 Å². The first kappa shape index (κ1) is 13.8. The molecule has 1 aliphatic heterocycles. The van der Waals surface area contributed by atoms with E-state index in [1.807, 2.05) is 48.5 Å². The number of para-hydroxylation sites is 1. The van der Waals surface area contributed by atoms with E-state index in [2.05, 4.69) is 10.4 Å². The summed E-state index contributed by atoms with van der Waals surface area (Å²) in [5.74, 6) is 0.582. The summed E-state index contributed by atoms with van der Waals surface area (Å²) in [4.78, 5) is 14.4. The molecule has 0 bridgehead atoms. The van der Waals surface area contributed by atoms with Crippen LogP contribution in [0.4, 0.5) is 0 Å². The number of carbonyl (C=O) groups excluding carboxylic acids is 1. The van der Waals surface area contributed by atoms with E-state index in [9.17, 15) is 4.79 Å². The third-order valence-corrected chi connectivity index (χ3v) is 3.89. The van der Waals surface area contributed by atoms with E-state index >= 15 is 0 Å². The molecular formula is C16H20N4O. The van der Waals surface area contributed by atoms with Gasteiger partial charge in [-0.2, -0.15) is 5.10 Å². The highest BCUT2D eigenvalue weighted by atomic mass is 16.2. The highest BCUT2D eigenvalue weighted by Crippen LogP contribution is 2.18. The second-order valence-electron chi connectivity index (χ2n) is 5.44. The highest BCUT2D eigenvalue weighted by molar-refractivity contribution is 5.92. The van der Waals surface area contributed by atoms with Gasteiger partial charge in [-0.3, -0.25) is 4.79 Å². The monoisotopic (exact) mass is 284 g/mol. The molecule has 1 fully saturated rings. The molecule has 3 rings (SSSR count). The van der Waals surface area contributed by atoms with Crippen LogP contribution in [0.2, 0.25) is 0 Å². The molecule has 1 saturated heterocycles. The molecule has 2 heterocycles. The molecule has 5 heteroatoms. The van der Waals surface area contributed by atoms with Crippen molar-refractivity contribution in [3.05, 3.63) is 48.3 Å². The molecule has 0 spiro atoms. The Labute approximate surface area is 124 Å². The van der Waals surface area contributed by atoms with Gasteiger partial charge in [0.05, 0.1) is 5.69 Å². The summed E-state index contributed by atoms with van der Waals surface area (Å²) in [6.07, 6.45) is 2.90. The summed E-state index contributed by atoms with van der Waals surface area (Å²) in [6, 6.07) is 11.6. The molecule has 0 saturated carbocycles. The molecule has 1 aromatic carbocycles. The lowest BCUT2D eigenvalue weighted by molar-refractivity contribution is 0.0781. The van der Waals surface area contributed by atoms with Crippen LogP contribution in [0.3, 0.4) is 0 Å². The van der Waals surface area contributed by atoms with Crippen molar-refractivity contribution in [1.29, 1.82) is 0 Å². The Morgan fingerprint density at radius 1 is 1.33 bits per heavy atom. The zero-order valence-electron chi connectivity index (χ0n) is 12.2. The van der Waals surface area contributed by atoms with E-state index in [1.54, 1.807) is 10.7 Å². The number of nitrogens with one attached hydrogen (secondary N) is 1. The zero-order valence-corrected chi connectivity index (χ0v) is 12.2. The van der Waals surface area contributed by atoms with Gasteiger partial charge in [0, 0.05) is 19.3 Å². The van der Waals surface area contributed by atoms with Gasteiger partial charge in [-0.05, 0) is 44.1 Å². The maximum atomic E-state index is 12.5. The quantitative estimate of drug-likeness (QED) is 0.927. The van der Waals surface area contributed by atoms with Gasteiger partial charge in [-0.1, -0.05) is 18.2 Å². The normalized spacial score (nSPS) is 18.1. The fourth-order valence-electron chi connectivity index (χ4n) is 2.80. The molecule has 1 amide bonds. The van der Waals surface area contributed by atoms with Crippen LogP contribution in [-0.2, 0) is 0 Å². The van der Waals surface area contributed by atoms with Crippen LogP contribution in [0, 0.1) is 5.92 Å². The van der Waals surface area contributed by atoms with Crippen LogP contribution in [0.15, 0.2) is 42.6 Å². The lowest BCUT2D eigenvalue weighted by Gasteiger charge is -2.15. The smallest absolute Gasteiger partial charge is 0.274 e. The van der Waals surface area contributed by atoms with E-state index in [0.717, 1.165) is 31.7 Å². The molecule has 1 atom stereocenters. The molecule has 110 valence electrons. The third kappa shape index (κ3) is 2.97. The zero-order chi connectivity index (χ0) is 14.7. The van der Waals surface area contributed by atoms with Crippen molar-refractivity contribution in [2.45, 2.75) is 6.42 Å². The Morgan fingerprint density at radius 3 is 2.90 bits per heavy atom. The second-order valence-corrected chi connectivity index (χ2v) is 5.44. The van der Waals surface area contributed by atoms with Gasteiger partial charge in [0.15, 0.2) is 5.69 Å². The number of hydrogen-bond acceptors (Lipinski definition) is 3. The standard InChI is InChI=1S/C16H20N4O/c1-17-11-13-7-9-19(12-13)16(21)15-8-10-20(18-15)14-5-3-2-4-6-14/h2-6,8,10,13,17H,7,9,11-12H2,1H3. The van der Waals surface area contributed by atoms with Crippen LogP contribution >= 0.6 is 0 Å². The minimum Gasteiger partial charge on any atom is -0.337 e. The summed E-state index contributed by atoms with van der Waals surface area (Å²) in [6.45, 7) is 2.60. The first-order valence-corrected chi connectivity index (χ1v) is 7.33. The fourth-order valence-corrected chi connectivity index (χ4v) is 2.80. The molecule has 1 unspecified atom stereocenters. The van der Waals surface area contributed by atoms with Gasteiger partial charge < -0.3 is 10.2 Å². The van der Waals surface area contributed by atoms with Crippen molar-refractivity contribution >= 4 is 5.91 Å². The van der Waals surface area contributed by atoms with Crippen molar-refractivity contribution in [2.75, 3.05) is 26.7 Å². The van der Waals surface area contributed by atoms with Crippen LogP contribution in [0.1, 0.15) is 16.9 Å². The van der Waals surface area contributed by atoms with E-state index in [4.69, 9.17) is 0 Å². The average Bonchev–Trinajstić information content (AvgIpc) is 3.17. The summed E-state index contributed by atoms with van der Waals surface area (Å²) < 4.78 is 1.74. The summed E-state index contributed by atoms with van der Waals surface area (Å²) >= 11 is 0. The fraction of sp³-hybridized carbons (Fsp3) is 0.375. The van der Waals surface area contributed by atoms with E-state index in [-0.39, 0.29) is 5.91 Å². The van der Waals surface area contributed by atoms with Crippen molar-refractivity contribution in [3.63, 3.8) is 0 Å². The molecule has 0 radical (unpaired) electrons. The second kappa shape index (κ2) is 6.10. The number of likely N-dealkylation sites (tertiary alicyclic amines) is 1. The lowest BCUT2D eigenvalue weighted by Crippen LogP contribution is -2.30. The van der Waals surface area contributed by atoms with Crippen molar-refractivity contribution in [1.82, 2.24) is 20.0 Å². The number of aromatic nitrogens is 2. The van der Waals surface area contributed by atoms with Gasteiger partial charge in [-0.15, -0.1) is 0 Å². The van der Waals surface area contributed by atoms with Crippen molar-refractivity contribution in [2.24, 2.45) is 5.92 Å². The van der Waals surface area contributed by atoms with Crippen LogP contribution < -0.4 is 5.32 Å². The Balaban J connectivity index is 1.70. The summed E-state index contributed by atoms with van der Waals surface area (Å²) in [5, 5.41) is 7.58. The molecule has 2 aromatic rings. The topological polar surface area (TPSA) is 50.2 Å². The van der Waals surface area contributed by atoms with Crippen molar-refractivity contribution < 1.29 is 4.79 Å². The minimum atomic E-state index is 0.0308. The largest absolute Gasteiger partial charge is 0.337 e. The van der Waals surface area contributed by atoms with E-state index in [1.165, 1.54) is 0 Å². The Morgan fingerprint density at radius 2 is 2.14 bits per heavy atom. The number of nitrogens with zero attached hydrogens (tertiary/aromatic N) is 3. The predicted octanol–water partition coefficient (Wildman–Crippen LogP) is 1.55. The Kier molecular flexibility index (Phi) is 4.01. The maximum absolute atomic E-state index is 12.5. The molecule has 1 aromatic heterocycles. The molecule has 0 aliphatic carbocycles. The lowest BCUT2D eigenvalue weighted by atomic mass is 10.1. The highest BCUT2D eigenvalue weighted by Gasteiger charge is 2.27. The van der Waals surface area contributed by atoms with Crippen LogP contribution in [0.5, 0.6) is 0 Å². The summed E-state index contributed by atoms with van der Waals surface area (Å²) in [5.41, 5.74) is 1.48. The third-order valence-electron chi connectivity index (χ3n) is 3.89. The van der Waals surface area contributed by atoms with Gasteiger partial charge in [-0.25, -0.2) is 4.68 Å². The average molecular weight is 284 g/mol. The van der Waals surface area contributed by atoms with Gasteiger partial charge in [0.25, 0.3) is 5.91 Å². The Bertz CT molecular complexity index is 608. The molecular weight excluding hydrogens is 264 g/mol. The maximum Gasteiger partial charge on any atom is 0.274 e. The summed E-state index contributed by atoms with van der Waals surface area (Å²) in [7, 11) is 1.95. The molecule has 1 aliphatic rings. The first-order valence-electron chi connectivity index (χ1n) is 7.33. The van der Waals surface area contributed by atoms with Crippen molar-refractivity contribution in [3.8, 4) is 5.69 Å². The van der Waals surface area contributed by atoms with Gasteiger partial charge in [0.2, 0.25) is 0 Å². The molecule has 5 nitrogen and oxygen atoms in total. The van der Waals surface area contributed by atoms with E-state index in [0.29, 0.717) is 11.6 Å². The van der Waals surface area contributed by atoms with Gasteiger partial charge in [0.1, 0.15) is 0 Å². The SMILES string of the molecule is CNCC1CCN(C(=O)c2ccn(-c3ccccc3)n2)C1. The number of benzene rings is 1. The Hall–Kier alpha value is -2.14. The molecule has 1 N–H and O–H groups in total. The van der Waals surface area contributed by atoms with Crippen LogP contribution in [0.25, 0.3) is 5.69 Å². The van der Waals surface area contributed by atoms with E-state index < -0.39 is 0 Å². The number of rotatable bonds is 4. The minimum absolute atomic E-state index is 0.0308. The number of carbonyl (C=O) groups is 1. The predicted molar refractivity (Wildman–Crippen MR) is 81.5 cm³/mol. The number of amides is 1.